The van der Waals surface area contributed by atoms with Crippen molar-refractivity contribution in [3.63, 3.8) is 0 Å². The van der Waals surface area contributed by atoms with E-state index in [9.17, 15) is 13.2 Å². The number of halogens is 1. The average molecular weight is 380 g/mol. The molecule has 0 spiro atoms. The van der Waals surface area contributed by atoms with E-state index in [4.69, 9.17) is 11.6 Å². The van der Waals surface area contributed by atoms with Crippen molar-refractivity contribution in [2.75, 3.05) is 22.1 Å². The van der Waals surface area contributed by atoms with Crippen LogP contribution in [0.5, 0.6) is 0 Å². The molecule has 1 saturated heterocycles. The number of nitrogens with zero attached hydrogens (tertiary/aromatic N) is 1. The van der Waals surface area contributed by atoms with Crippen molar-refractivity contribution >= 4 is 38.7 Å². The minimum atomic E-state index is -2.96. The molecular formula is C17H18ClN3O3S. The van der Waals surface area contributed by atoms with Crippen molar-refractivity contribution in [1.29, 1.82) is 0 Å². The number of sulfone groups is 1. The zero-order valence-electron chi connectivity index (χ0n) is 13.6. The van der Waals surface area contributed by atoms with Gasteiger partial charge in [-0.05, 0) is 43.2 Å². The molecule has 2 N–H and O–H groups in total. The fourth-order valence-electron chi connectivity index (χ4n) is 2.75. The van der Waals surface area contributed by atoms with Crippen LogP contribution in [0.15, 0.2) is 36.7 Å². The van der Waals surface area contributed by atoms with E-state index in [1.165, 1.54) is 6.20 Å². The highest BCUT2D eigenvalue weighted by Gasteiger charge is 2.27. The minimum Gasteiger partial charge on any atom is -0.380 e. The van der Waals surface area contributed by atoms with Crippen LogP contribution in [0.3, 0.4) is 0 Å². The molecule has 0 radical (unpaired) electrons. The summed E-state index contributed by atoms with van der Waals surface area (Å²) in [7, 11) is -2.96. The van der Waals surface area contributed by atoms with Gasteiger partial charge >= 0.3 is 0 Å². The highest BCUT2D eigenvalue weighted by molar-refractivity contribution is 7.91. The van der Waals surface area contributed by atoms with Gasteiger partial charge in [-0.2, -0.15) is 0 Å². The van der Waals surface area contributed by atoms with Gasteiger partial charge in [0.1, 0.15) is 0 Å². The first-order chi connectivity index (χ1) is 11.8. The summed E-state index contributed by atoms with van der Waals surface area (Å²) in [6.07, 6.45) is 3.61. The maximum atomic E-state index is 12.4. The summed E-state index contributed by atoms with van der Waals surface area (Å²) in [5.41, 5.74) is 2.55. The molecule has 1 aliphatic heterocycles. The van der Waals surface area contributed by atoms with Crippen molar-refractivity contribution in [2.45, 2.75) is 19.4 Å². The Morgan fingerprint density at radius 2 is 2.08 bits per heavy atom. The van der Waals surface area contributed by atoms with Gasteiger partial charge in [0.05, 0.1) is 22.8 Å². The number of rotatable bonds is 4. The number of aryl methyl sites for hydroxylation is 1. The number of hydrogen-bond acceptors (Lipinski definition) is 5. The van der Waals surface area contributed by atoms with Crippen LogP contribution < -0.4 is 10.6 Å². The largest absolute Gasteiger partial charge is 0.380 e. The Morgan fingerprint density at radius 1 is 1.28 bits per heavy atom. The number of anilines is 2. The van der Waals surface area contributed by atoms with Gasteiger partial charge in [0.15, 0.2) is 9.84 Å². The Kier molecular flexibility index (Phi) is 4.96. The van der Waals surface area contributed by atoms with E-state index < -0.39 is 9.84 Å². The van der Waals surface area contributed by atoms with Crippen molar-refractivity contribution in [3.05, 3.63) is 52.8 Å². The lowest BCUT2D eigenvalue weighted by molar-refractivity contribution is 0.102. The van der Waals surface area contributed by atoms with Crippen LogP contribution >= 0.6 is 11.6 Å². The molecule has 25 heavy (non-hydrogen) atoms. The van der Waals surface area contributed by atoms with Gasteiger partial charge in [0.2, 0.25) is 0 Å². The molecule has 1 aromatic carbocycles. The molecular weight excluding hydrogens is 362 g/mol. The molecule has 0 bridgehead atoms. The summed E-state index contributed by atoms with van der Waals surface area (Å²) >= 11 is 5.92. The van der Waals surface area contributed by atoms with Crippen molar-refractivity contribution in [2.24, 2.45) is 0 Å². The van der Waals surface area contributed by atoms with Gasteiger partial charge in [-0.25, -0.2) is 8.42 Å². The minimum absolute atomic E-state index is 0.105. The first kappa shape index (κ1) is 17.7. The van der Waals surface area contributed by atoms with Crippen LogP contribution in [0.1, 0.15) is 22.3 Å². The topological polar surface area (TPSA) is 88.2 Å². The van der Waals surface area contributed by atoms with Gasteiger partial charge in [-0.3, -0.25) is 9.78 Å². The molecule has 1 amide bonds. The molecule has 1 aliphatic rings. The van der Waals surface area contributed by atoms with E-state index in [0.717, 1.165) is 5.56 Å². The molecule has 2 aromatic rings. The number of carbonyl (C=O) groups is 1. The fraction of sp³-hybridized carbons (Fsp3) is 0.294. The van der Waals surface area contributed by atoms with Crippen LogP contribution in [0.4, 0.5) is 11.4 Å². The van der Waals surface area contributed by atoms with Crippen LogP contribution in [0, 0.1) is 6.92 Å². The molecule has 6 nitrogen and oxygen atoms in total. The molecule has 1 aromatic heterocycles. The second kappa shape index (κ2) is 7.01. The second-order valence-corrected chi connectivity index (χ2v) is 8.79. The summed E-state index contributed by atoms with van der Waals surface area (Å²) < 4.78 is 23.1. The Morgan fingerprint density at radius 3 is 2.76 bits per heavy atom. The van der Waals surface area contributed by atoms with Crippen LogP contribution in [-0.4, -0.2) is 36.9 Å². The molecule has 1 fully saturated rings. The quantitative estimate of drug-likeness (QED) is 0.852. The second-order valence-electron chi connectivity index (χ2n) is 6.12. The van der Waals surface area contributed by atoms with E-state index in [-0.39, 0.29) is 23.5 Å². The smallest absolute Gasteiger partial charge is 0.257 e. The Labute approximate surface area is 151 Å². The first-order valence-corrected chi connectivity index (χ1v) is 10.0. The van der Waals surface area contributed by atoms with Crippen molar-refractivity contribution < 1.29 is 13.2 Å². The highest BCUT2D eigenvalue weighted by Crippen LogP contribution is 2.21. The third-order valence-corrected chi connectivity index (χ3v) is 6.04. The normalized spacial score (nSPS) is 18.7. The molecule has 2 heterocycles. The number of aromatic nitrogens is 1. The predicted octanol–water partition coefficient (Wildman–Crippen LogP) is 2.89. The number of pyridine rings is 1. The Bertz CT molecular complexity index is 915. The fourth-order valence-corrected chi connectivity index (χ4v) is 4.65. The maximum absolute atomic E-state index is 12.4. The number of nitrogens with one attached hydrogen (secondary N) is 2. The molecule has 1 atom stereocenters. The highest BCUT2D eigenvalue weighted by atomic mass is 35.5. The standard InChI is InChI=1S/C17H18ClN3O3S/c1-11-6-13(18)2-3-16(11)21-17(22)12-7-15(9-19-8-12)20-14-4-5-25(23,24)10-14/h2-3,6-9,14,20H,4-5,10H2,1H3,(H,21,22). The summed E-state index contributed by atoms with van der Waals surface area (Å²) in [5, 5.41) is 6.57. The van der Waals surface area contributed by atoms with E-state index in [2.05, 4.69) is 15.6 Å². The third kappa shape index (κ3) is 4.49. The summed E-state index contributed by atoms with van der Waals surface area (Å²) in [6, 6.07) is 6.74. The van der Waals surface area contributed by atoms with Crippen LogP contribution in [0.25, 0.3) is 0 Å². The van der Waals surface area contributed by atoms with Gasteiger partial charge in [-0.1, -0.05) is 11.6 Å². The molecule has 0 aliphatic carbocycles. The zero-order chi connectivity index (χ0) is 18.0. The zero-order valence-corrected chi connectivity index (χ0v) is 15.2. The van der Waals surface area contributed by atoms with E-state index >= 15 is 0 Å². The number of hydrogen-bond donors (Lipinski definition) is 2. The number of carbonyl (C=O) groups excluding carboxylic acids is 1. The van der Waals surface area contributed by atoms with E-state index in [0.29, 0.717) is 28.4 Å². The van der Waals surface area contributed by atoms with Crippen LogP contribution in [0.2, 0.25) is 5.02 Å². The lowest BCUT2D eigenvalue weighted by atomic mass is 10.1. The monoisotopic (exact) mass is 379 g/mol. The van der Waals surface area contributed by atoms with Crippen molar-refractivity contribution in [1.82, 2.24) is 4.98 Å². The number of benzene rings is 1. The summed E-state index contributed by atoms with van der Waals surface area (Å²) in [4.78, 5) is 16.5. The lowest BCUT2D eigenvalue weighted by Gasteiger charge is -2.13. The maximum Gasteiger partial charge on any atom is 0.257 e. The average Bonchev–Trinajstić information content (AvgIpc) is 2.89. The molecule has 0 saturated carbocycles. The number of amides is 1. The van der Waals surface area contributed by atoms with Crippen molar-refractivity contribution in [3.8, 4) is 0 Å². The van der Waals surface area contributed by atoms with Gasteiger partial charge in [0, 0.05) is 29.1 Å². The Hall–Kier alpha value is -2.12. The Balaban J connectivity index is 1.71. The van der Waals surface area contributed by atoms with Gasteiger partial charge in [0.25, 0.3) is 5.91 Å². The summed E-state index contributed by atoms with van der Waals surface area (Å²) in [6.45, 7) is 1.86. The first-order valence-electron chi connectivity index (χ1n) is 7.82. The summed E-state index contributed by atoms with van der Waals surface area (Å²) in [5.74, 6) is 0.00207. The van der Waals surface area contributed by atoms with Gasteiger partial charge < -0.3 is 10.6 Å². The van der Waals surface area contributed by atoms with E-state index in [1.807, 2.05) is 6.92 Å². The third-order valence-electron chi connectivity index (χ3n) is 4.04. The molecule has 1 unspecified atom stereocenters. The molecule has 8 heteroatoms. The van der Waals surface area contributed by atoms with Crippen LogP contribution in [-0.2, 0) is 9.84 Å². The lowest BCUT2D eigenvalue weighted by Crippen LogP contribution is -2.21. The SMILES string of the molecule is Cc1cc(Cl)ccc1NC(=O)c1cncc(NC2CCS(=O)(=O)C2)c1. The predicted molar refractivity (Wildman–Crippen MR) is 99.1 cm³/mol. The molecule has 3 rings (SSSR count). The molecule has 132 valence electrons. The van der Waals surface area contributed by atoms with E-state index in [1.54, 1.807) is 30.5 Å². The van der Waals surface area contributed by atoms with Gasteiger partial charge in [-0.15, -0.1) is 0 Å².